The number of amides is 1. The third kappa shape index (κ3) is 5.66. The first-order chi connectivity index (χ1) is 16.5. The number of likely N-dealkylation sites (tertiary alicyclic amines) is 1. The van der Waals surface area contributed by atoms with Crippen LogP contribution >= 0.6 is 0 Å². The molecule has 3 rings (SSSR count). The Morgan fingerprint density at radius 3 is 2.53 bits per heavy atom. The monoisotopic (exact) mass is 465 g/mol. The summed E-state index contributed by atoms with van der Waals surface area (Å²) in [5.41, 5.74) is 1.16. The van der Waals surface area contributed by atoms with Gasteiger partial charge in [-0.1, -0.05) is 43.8 Å². The second-order valence-electron chi connectivity index (χ2n) is 7.88. The fourth-order valence-electron chi connectivity index (χ4n) is 3.85. The van der Waals surface area contributed by atoms with Crippen molar-refractivity contribution in [1.82, 2.24) is 4.90 Å². The molecule has 1 saturated heterocycles. The minimum Gasteiger partial charge on any atom is -0.507 e. The maximum Gasteiger partial charge on any atom is 0.295 e. The average molecular weight is 466 g/mol. The molecule has 7 heteroatoms. The number of aliphatic hydroxyl groups excluding tert-OH is 1. The van der Waals surface area contributed by atoms with Gasteiger partial charge in [0.2, 0.25) is 0 Å². The highest BCUT2D eigenvalue weighted by atomic mass is 16.5. The highest BCUT2D eigenvalue weighted by Crippen LogP contribution is 2.40. The second kappa shape index (κ2) is 12.0. The zero-order valence-corrected chi connectivity index (χ0v) is 19.7. The first kappa shape index (κ1) is 25.1. The maximum atomic E-state index is 13.1. The minimum absolute atomic E-state index is 0.0508. The number of carbonyl (C=O) groups is 2. The van der Waals surface area contributed by atoms with Crippen LogP contribution in [-0.2, 0) is 14.3 Å². The number of methoxy groups -OCH3 is 1. The fourth-order valence-corrected chi connectivity index (χ4v) is 3.85. The van der Waals surface area contributed by atoms with Gasteiger partial charge in [-0.2, -0.15) is 0 Å². The lowest BCUT2D eigenvalue weighted by Crippen LogP contribution is -2.31. The molecule has 180 valence electrons. The van der Waals surface area contributed by atoms with Gasteiger partial charge in [0.05, 0.1) is 18.2 Å². The molecule has 2 aromatic rings. The lowest BCUT2D eigenvalue weighted by Gasteiger charge is -2.25. The van der Waals surface area contributed by atoms with Crippen molar-refractivity contribution in [2.45, 2.75) is 25.8 Å². The molecule has 0 bridgehead atoms. The number of aliphatic hydroxyl groups is 1. The SMILES string of the molecule is C=CCOc1ccc(C2/C(=C(\O)c3cccc(OCCC)c3)C(=O)C(=O)N2CCCOC)cc1. The van der Waals surface area contributed by atoms with Crippen LogP contribution in [0.3, 0.4) is 0 Å². The van der Waals surface area contributed by atoms with E-state index in [4.69, 9.17) is 14.2 Å². The predicted molar refractivity (Wildman–Crippen MR) is 130 cm³/mol. The van der Waals surface area contributed by atoms with Crippen LogP contribution in [0.25, 0.3) is 5.76 Å². The van der Waals surface area contributed by atoms with Crippen LogP contribution in [0, 0.1) is 0 Å². The molecule has 0 spiro atoms. The van der Waals surface area contributed by atoms with E-state index in [-0.39, 0.29) is 11.3 Å². The number of hydrogen-bond donors (Lipinski definition) is 1. The number of rotatable bonds is 12. The van der Waals surface area contributed by atoms with Crippen LogP contribution in [-0.4, -0.2) is 55.2 Å². The summed E-state index contributed by atoms with van der Waals surface area (Å²) in [6.45, 7) is 7.30. The van der Waals surface area contributed by atoms with E-state index in [1.54, 1.807) is 61.7 Å². The Morgan fingerprint density at radius 2 is 1.85 bits per heavy atom. The van der Waals surface area contributed by atoms with Crippen LogP contribution in [0.4, 0.5) is 0 Å². The van der Waals surface area contributed by atoms with Crippen molar-refractivity contribution < 1.29 is 28.9 Å². The van der Waals surface area contributed by atoms with Crippen molar-refractivity contribution in [3.63, 3.8) is 0 Å². The Labute approximate surface area is 200 Å². The quantitative estimate of drug-likeness (QED) is 0.163. The van der Waals surface area contributed by atoms with Crippen molar-refractivity contribution in [3.8, 4) is 11.5 Å². The van der Waals surface area contributed by atoms with E-state index >= 15 is 0 Å². The van der Waals surface area contributed by atoms with Gasteiger partial charge < -0.3 is 24.2 Å². The lowest BCUT2D eigenvalue weighted by atomic mass is 9.95. The molecular formula is C27H31NO6. The first-order valence-electron chi connectivity index (χ1n) is 11.4. The Bertz CT molecular complexity index is 1040. The molecule has 0 aliphatic carbocycles. The molecule has 1 N–H and O–H groups in total. The summed E-state index contributed by atoms with van der Waals surface area (Å²) in [5.74, 6) is -0.368. The first-order valence-corrected chi connectivity index (χ1v) is 11.4. The molecule has 0 radical (unpaired) electrons. The summed E-state index contributed by atoms with van der Waals surface area (Å²) in [6, 6.07) is 13.3. The molecule has 7 nitrogen and oxygen atoms in total. The summed E-state index contributed by atoms with van der Waals surface area (Å²) in [4.78, 5) is 27.6. The van der Waals surface area contributed by atoms with Crippen molar-refractivity contribution in [3.05, 3.63) is 77.9 Å². The van der Waals surface area contributed by atoms with Gasteiger partial charge >= 0.3 is 0 Å². The van der Waals surface area contributed by atoms with E-state index in [0.717, 1.165) is 6.42 Å². The van der Waals surface area contributed by atoms with Gasteiger partial charge in [-0.15, -0.1) is 0 Å². The Kier molecular flexibility index (Phi) is 8.87. The molecule has 2 aromatic carbocycles. The Morgan fingerprint density at radius 1 is 1.09 bits per heavy atom. The molecule has 1 unspecified atom stereocenters. The van der Waals surface area contributed by atoms with Gasteiger partial charge in [0.1, 0.15) is 23.9 Å². The van der Waals surface area contributed by atoms with Crippen LogP contribution < -0.4 is 9.47 Å². The molecule has 1 heterocycles. The van der Waals surface area contributed by atoms with Gasteiger partial charge in [-0.25, -0.2) is 0 Å². The maximum absolute atomic E-state index is 13.1. The van der Waals surface area contributed by atoms with Gasteiger partial charge in [-0.3, -0.25) is 9.59 Å². The van der Waals surface area contributed by atoms with Gasteiger partial charge in [0.25, 0.3) is 11.7 Å². The molecule has 1 aliphatic heterocycles. The number of ketones is 1. The third-order valence-corrected chi connectivity index (χ3v) is 5.43. The zero-order valence-electron chi connectivity index (χ0n) is 19.7. The largest absolute Gasteiger partial charge is 0.507 e. The summed E-state index contributed by atoms with van der Waals surface area (Å²) in [5, 5.41) is 11.2. The second-order valence-corrected chi connectivity index (χ2v) is 7.88. The van der Waals surface area contributed by atoms with E-state index in [1.165, 1.54) is 4.90 Å². The Balaban J connectivity index is 2.04. The molecule has 0 aromatic heterocycles. The van der Waals surface area contributed by atoms with Gasteiger partial charge in [0.15, 0.2) is 0 Å². The van der Waals surface area contributed by atoms with Crippen LogP contribution in [0.5, 0.6) is 11.5 Å². The van der Waals surface area contributed by atoms with Gasteiger partial charge in [-0.05, 0) is 42.7 Å². The minimum atomic E-state index is -0.731. The predicted octanol–water partition coefficient (Wildman–Crippen LogP) is 4.50. The van der Waals surface area contributed by atoms with Crippen LogP contribution in [0.1, 0.15) is 36.9 Å². The highest BCUT2D eigenvalue weighted by Gasteiger charge is 2.45. The van der Waals surface area contributed by atoms with Crippen LogP contribution in [0.15, 0.2) is 66.8 Å². The summed E-state index contributed by atoms with van der Waals surface area (Å²) >= 11 is 0. The summed E-state index contributed by atoms with van der Waals surface area (Å²) in [6.07, 6.45) is 3.05. The summed E-state index contributed by atoms with van der Waals surface area (Å²) < 4.78 is 16.3. The number of benzene rings is 2. The molecular weight excluding hydrogens is 434 g/mol. The van der Waals surface area contributed by atoms with Crippen molar-refractivity contribution in [2.24, 2.45) is 0 Å². The summed E-state index contributed by atoms with van der Waals surface area (Å²) in [7, 11) is 1.58. The molecule has 1 atom stereocenters. The number of carbonyl (C=O) groups excluding carboxylic acids is 2. The number of hydrogen-bond acceptors (Lipinski definition) is 6. The number of nitrogens with zero attached hydrogens (tertiary/aromatic N) is 1. The molecule has 1 amide bonds. The van der Waals surface area contributed by atoms with E-state index in [1.807, 2.05) is 6.92 Å². The molecule has 34 heavy (non-hydrogen) atoms. The topological polar surface area (TPSA) is 85.3 Å². The van der Waals surface area contributed by atoms with Gasteiger partial charge in [0, 0.05) is 25.8 Å². The van der Waals surface area contributed by atoms with Crippen LogP contribution in [0.2, 0.25) is 0 Å². The van der Waals surface area contributed by atoms with E-state index in [9.17, 15) is 14.7 Å². The van der Waals surface area contributed by atoms with Crippen molar-refractivity contribution >= 4 is 17.4 Å². The van der Waals surface area contributed by atoms with E-state index in [0.29, 0.717) is 55.4 Å². The fraction of sp³-hybridized carbons (Fsp3) is 0.333. The normalized spacial score (nSPS) is 17.1. The molecule has 0 saturated carbocycles. The van der Waals surface area contributed by atoms with Crippen molar-refractivity contribution in [1.29, 1.82) is 0 Å². The van der Waals surface area contributed by atoms with Crippen molar-refractivity contribution in [2.75, 3.05) is 33.5 Å². The highest BCUT2D eigenvalue weighted by molar-refractivity contribution is 6.46. The molecule has 1 fully saturated rings. The third-order valence-electron chi connectivity index (χ3n) is 5.43. The Hall–Kier alpha value is -3.58. The van der Waals surface area contributed by atoms with E-state index in [2.05, 4.69) is 6.58 Å². The van der Waals surface area contributed by atoms with E-state index < -0.39 is 17.7 Å². The average Bonchev–Trinajstić information content (AvgIpc) is 3.11. The smallest absolute Gasteiger partial charge is 0.295 e. The standard InChI is InChI=1S/C27H31NO6/c1-4-15-33-21-12-10-19(11-13-21)24-23(26(30)27(31)28(24)14-7-17-32-3)25(29)20-8-6-9-22(18-20)34-16-5-2/h4,6,8-13,18,24,29H,1,5,7,14-17H2,2-3H3/b25-23+. The molecule has 1 aliphatic rings. The number of Topliss-reactive ketones (excluding diaryl/α,β-unsaturated/α-hetero) is 1. The lowest BCUT2D eigenvalue weighted by molar-refractivity contribution is -0.140. The zero-order chi connectivity index (χ0) is 24.5. The number of ether oxygens (including phenoxy) is 3.